The smallest absolute Gasteiger partial charge is 0.275 e. The van der Waals surface area contributed by atoms with E-state index >= 15 is 0 Å². The van der Waals surface area contributed by atoms with Crippen molar-refractivity contribution in [1.29, 1.82) is 0 Å². The maximum Gasteiger partial charge on any atom is 0.275 e. The number of anilines is 1. The normalized spacial score (nSPS) is 13.7. The molecule has 2 amide bonds. The first-order chi connectivity index (χ1) is 19.0. The summed E-state index contributed by atoms with van der Waals surface area (Å²) in [5.74, 6) is 0.819. The number of halogens is 1. The third-order valence-electron chi connectivity index (χ3n) is 7.03. The molecular formula is C31H30ClN3O3S. The van der Waals surface area contributed by atoms with Gasteiger partial charge in [-0.3, -0.25) is 9.59 Å². The summed E-state index contributed by atoms with van der Waals surface area (Å²) in [7, 11) is 1.61. The molecule has 1 aromatic heterocycles. The van der Waals surface area contributed by atoms with Gasteiger partial charge in [-0.1, -0.05) is 54.1 Å². The van der Waals surface area contributed by atoms with Crippen molar-refractivity contribution in [2.24, 2.45) is 0 Å². The summed E-state index contributed by atoms with van der Waals surface area (Å²) < 4.78 is 5.39. The lowest BCUT2D eigenvalue weighted by Gasteiger charge is -2.31. The number of aromatic nitrogens is 1. The number of aryl methyl sites for hydroxylation is 1. The minimum Gasteiger partial charge on any atom is -0.497 e. The van der Waals surface area contributed by atoms with Gasteiger partial charge in [-0.15, -0.1) is 11.3 Å². The summed E-state index contributed by atoms with van der Waals surface area (Å²) in [4.78, 5) is 32.6. The van der Waals surface area contributed by atoms with Gasteiger partial charge in [0.05, 0.1) is 17.8 Å². The standard InChI is InChI=1S/C31H30ClN3O3S/c1-38-25-11-12-26(22-7-3-2-4-8-22)27(19-25)33-30(37)28-20-39-31(34-28)23-14-16-35(17-15-23)29(36)13-10-21-6-5-9-24(32)18-21/h2-9,11-12,18-20,23H,10,13-17H2,1H3,(H,33,37). The topological polar surface area (TPSA) is 71.5 Å². The molecule has 0 unspecified atom stereocenters. The molecule has 0 saturated carbocycles. The molecule has 1 aliphatic rings. The van der Waals surface area contributed by atoms with Crippen LogP contribution < -0.4 is 10.1 Å². The summed E-state index contributed by atoms with van der Waals surface area (Å²) in [6.07, 6.45) is 2.84. The predicted molar refractivity (Wildman–Crippen MR) is 157 cm³/mol. The lowest BCUT2D eigenvalue weighted by atomic mass is 9.97. The van der Waals surface area contributed by atoms with Crippen LogP contribution in [0.5, 0.6) is 5.75 Å². The minimum atomic E-state index is -0.253. The van der Waals surface area contributed by atoms with E-state index in [0.29, 0.717) is 48.1 Å². The van der Waals surface area contributed by atoms with Crippen LogP contribution in [-0.4, -0.2) is 41.9 Å². The highest BCUT2D eigenvalue weighted by molar-refractivity contribution is 7.10. The van der Waals surface area contributed by atoms with Gasteiger partial charge in [0.25, 0.3) is 5.91 Å². The number of amides is 2. The van der Waals surface area contributed by atoms with Gasteiger partial charge in [-0.05, 0) is 54.7 Å². The quantitative estimate of drug-likeness (QED) is 0.251. The molecule has 5 rings (SSSR count). The number of piperidine rings is 1. The molecule has 39 heavy (non-hydrogen) atoms. The van der Waals surface area contributed by atoms with Gasteiger partial charge in [0, 0.05) is 47.5 Å². The Labute approximate surface area is 237 Å². The molecule has 4 aromatic rings. The van der Waals surface area contributed by atoms with Gasteiger partial charge in [-0.2, -0.15) is 0 Å². The van der Waals surface area contributed by atoms with Crippen LogP contribution in [0.2, 0.25) is 5.02 Å². The molecule has 6 nitrogen and oxygen atoms in total. The zero-order valence-electron chi connectivity index (χ0n) is 21.7. The summed E-state index contributed by atoms with van der Waals surface area (Å²) in [6.45, 7) is 1.40. The Morgan fingerprint density at radius 2 is 1.85 bits per heavy atom. The largest absolute Gasteiger partial charge is 0.497 e. The minimum absolute atomic E-state index is 0.167. The fourth-order valence-electron chi connectivity index (χ4n) is 4.87. The van der Waals surface area contributed by atoms with Gasteiger partial charge in [0.1, 0.15) is 11.4 Å². The first-order valence-corrected chi connectivity index (χ1v) is 14.3. The number of thiazole rings is 1. The molecule has 0 spiro atoms. The maximum absolute atomic E-state index is 13.2. The lowest BCUT2D eigenvalue weighted by Crippen LogP contribution is -2.38. The van der Waals surface area contributed by atoms with Crippen molar-refractivity contribution in [1.82, 2.24) is 9.88 Å². The molecular weight excluding hydrogens is 530 g/mol. The maximum atomic E-state index is 13.2. The Morgan fingerprint density at radius 1 is 1.05 bits per heavy atom. The van der Waals surface area contributed by atoms with E-state index in [4.69, 9.17) is 16.3 Å². The Bertz CT molecular complexity index is 1450. The molecule has 8 heteroatoms. The number of nitrogens with zero attached hydrogens (tertiary/aromatic N) is 2. The van der Waals surface area contributed by atoms with E-state index in [1.807, 2.05) is 83.1 Å². The Kier molecular flexibility index (Phi) is 8.59. The Morgan fingerprint density at radius 3 is 2.59 bits per heavy atom. The van der Waals surface area contributed by atoms with Crippen LogP contribution in [-0.2, 0) is 11.2 Å². The van der Waals surface area contributed by atoms with Crippen molar-refractivity contribution >= 4 is 40.4 Å². The summed E-state index contributed by atoms with van der Waals surface area (Å²) in [5, 5.41) is 6.48. The monoisotopic (exact) mass is 559 g/mol. The van der Waals surface area contributed by atoms with Gasteiger partial charge in [0.15, 0.2) is 0 Å². The van der Waals surface area contributed by atoms with Gasteiger partial charge in [-0.25, -0.2) is 4.98 Å². The van der Waals surface area contributed by atoms with Crippen LogP contribution >= 0.6 is 22.9 Å². The van der Waals surface area contributed by atoms with Crippen molar-refractivity contribution in [2.75, 3.05) is 25.5 Å². The highest BCUT2D eigenvalue weighted by atomic mass is 35.5. The second-order valence-electron chi connectivity index (χ2n) is 9.59. The summed E-state index contributed by atoms with van der Waals surface area (Å²) >= 11 is 7.57. The number of rotatable bonds is 8. The number of ether oxygens (including phenoxy) is 1. The molecule has 1 aliphatic heterocycles. The Hall–Kier alpha value is -3.68. The number of nitrogens with one attached hydrogen (secondary N) is 1. The summed E-state index contributed by atoms with van der Waals surface area (Å²) in [5.41, 5.74) is 4.06. The van der Waals surface area contributed by atoms with Crippen LogP contribution in [0, 0.1) is 0 Å². The number of hydrogen-bond acceptors (Lipinski definition) is 5. The molecule has 0 bridgehead atoms. The van der Waals surface area contributed by atoms with Crippen LogP contribution in [0.25, 0.3) is 11.1 Å². The SMILES string of the molecule is COc1ccc(-c2ccccc2)c(NC(=O)c2csc(C3CCN(C(=O)CCc4cccc(Cl)c4)CC3)n2)c1. The first-order valence-electron chi connectivity index (χ1n) is 13.0. The molecule has 0 radical (unpaired) electrons. The van der Waals surface area contributed by atoms with E-state index in [2.05, 4.69) is 10.3 Å². The molecule has 1 saturated heterocycles. The van der Waals surface area contributed by atoms with Crippen molar-refractivity contribution in [2.45, 2.75) is 31.6 Å². The lowest BCUT2D eigenvalue weighted by molar-refractivity contribution is -0.132. The van der Waals surface area contributed by atoms with Crippen LogP contribution in [0.4, 0.5) is 5.69 Å². The summed E-state index contributed by atoms with van der Waals surface area (Å²) in [6, 6.07) is 23.2. The fourth-order valence-corrected chi connectivity index (χ4v) is 6.05. The average molecular weight is 560 g/mol. The van der Waals surface area contributed by atoms with E-state index in [0.717, 1.165) is 34.5 Å². The van der Waals surface area contributed by atoms with Crippen molar-refractivity contribution in [3.8, 4) is 16.9 Å². The van der Waals surface area contributed by atoms with E-state index < -0.39 is 0 Å². The Balaban J connectivity index is 1.19. The zero-order valence-corrected chi connectivity index (χ0v) is 23.3. The van der Waals surface area contributed by atoms with E-state index in [-0.39, 0.29) is 17.7 Å². The molecule has 1 fully saturated rings. The second-order valence-corrected chi connectivity index (χ2v) is 10.9. The van der Waals surface area contributed by atoms with Gasteiger partial charge < -0.3 is 15.0 Å². The average Bonchev–Trinajstić information content (AvgIpc) is 3.47. The first kappa shape index (κ1) is 26.9. The van der Waals surface area contributed by atoms with E-state index in [9.17, 15) is 9.59 Å². The third-order valence-corrected chi connectivity index (χ3v) is 8.27. The van der Waals surface area contributed by atoms with E-state index in [1.165, 1.54) is 11.3 Å². The molecule has 0 aliphatic carbocycles. The van der Waals surface area contributed by atoms with Crippen molar-refractivity contribution in [3.05, 3.63) is 99.5 Å². The van der Waals surface area contributed by atoms with E-state index in [1.54, 1.807) is 7.11 Å². The molecule has 200 valence electrons. The molecule has 1 N–H and O–H groups in total. The fraction of sp³-hybridized carbons (Fsp3) is 0.258. The number of carbonyl (C=O) groups excluding carboxylic acids is 2. The molecule has 2 heterocycles. The molecule has 3 aromatic carbocycles. The predicted octanol–water partition coefficient (Wildman–Crippen LogP) is 7.06. The zero-order chi connectivity index (χ0) is 27.2. The van der Waals surface area contributed by atoms with Crippen LogP contribution in [0.1, 0.15) is 46.2 Å². The van der Waals surface area contributed by atoms with Crippen LogP contribution in [0.15, 0.2) is 78.2 Å². The second kappa shape index (κ2) is 12.5. The highest BCUT2D eigenvalue weighted by Crippen LogP contribution is 2.33. The third kappa shape index (κ3) is 6.67. The van der Waals surface area contributed by atoms with Gasteiger partial charge >= 0.3 is 0 Å². The van der Waals surface area contributed by atoms with Crippen molar-refractivity contribution in [3.63, 3.8) is 0 Å². The number of likely N-dealkylation sites (tertiary alicyclic amines) is 1. The molecule has 0 atom stereocenters. The number of hydrogen-bond donors (Lipinski definition) is 1. The number of carbonyl (C=O) groups is 2. The van der Waals surface area contributed by atoms with Crippen molar-refractivity contribution < 1.29 is 14.3 Å². The van der Waals surface area contributed by atoms with Crippen LogP contribution in [0.3, 0.4) is 0 Å². The number of methoxy groups -OCH3 is 1. The highest BCUT2D eigenvalue weighted by Gasteiger charge is 2.26. The van der Waals surface area contributed by atoms with Gasteiger partial charge in [0.2, 0.25) is 5.91 Å². The number of benzene rings is 3.